The molecule has 0 fully saturated rings. The molecule has 1 N–H and O–H groups in total. The average molecular weight is 212 g/mol. The van der Waals surface area contributed by atoms with E-state index in [1.165, 1.54) is 0 Å². The van der Waals surface area contributed by atoms with Crippen LogP contribution in [0.2, 0.25) is 0 Å². The van der Waals surface area contributed by atoms with Gasteiger partial charge in [0, 0.05) is 25.2 Å². The molecule has 0 unspecified atom stereocenters. The molecule has 76 valence electrons. The van der Waals surface area contributed by atoms with Crippen molar-refractivity contribution in [1.82, 2.24) is 0 Å². The van der Waals surface area contributed by atoms with E-state index in [0.717, 1.165) is 0 Å². The van der Waals surface area contributed by atoms with Crippen molar-refractivity contribution in [2.24, 2.45) is 0 Å². The van der Waals surface area contributed by atoms with Crippen LogP contribution in [0.4, 0.5) is 0 Å². The van der Waals surface area contributed by atoms with E-state index in [1.807, 2.05) is 0 Å². The van der Waals surface area contributed by atoms with Gasteiger partial charge in [-0.2, -0.15) is 0 Å². The van der Waals surface area contributed by atoms with Gasteiger partial charge in [-0.05, 0) is 0 Å². The van der Waals surface area contributed by atoms with Crippen molar-refractivity contribution >= 4 is 13.1 Å². The first-order valence-corrected chi connectivity index (χ1v) is 6.46. The third-order valence-corrected chi connectivity index (χ3v) is 4.67. The van der Waals surface area contributed by atoms with E-state index in [4.69, 9.17) is 18.0 Å². The molecular weight excluding hydrogens is 199 g/mol. The van der Waals surface area contributed by atoms with E-state index in [2.05, 4.69) is 11.8 Å². The molecule has 0 aromatic heterocycles. The Labute approximate surface area is 84.3 Å². The molecule has 14 heavy (non-hydrogen) atoms. The number of hydrogen-bond donors (Lipinski definition) is 1. The van der Waals surface area contributed by atoms with Crippen molar-refractivity contribution in [1.29, 1.82) is 0 Å². The van der Waals surface area contributed by atoms with Gasteiger partial charge in [-0.15, -0.1) is 24.7 Å². The van der Waals surface area contributed by atoms with Crippen LogP contribution < -0.4 is 0 Å². The van der Waals surface area contributed by atoms with Crippen LogP contribution in [0.1, 0.15) is 12.8 Å². The third-order valence-electron chi connectivity index (χ3n) is 1.75. The van der Waals surface area contributed by atoms with Gasteiger partial charge in [0.2, 0.25) is 0 Å². The van der Waals surface area contributed by atoms with Gasteiger partial charge in [0.05, 0.1) is 6.16 Å². The van der Waals surface area contributed by atoms with E-state index < -0.39 is 13.1 Å². The predicted octanol–water partition coefficient (Wildman–Crippen LogP) is 1.48. The lowest BCUT2D eigenvalue weighted by molar-refractivity contribution is -0.134. The van der Waals surface area contributed by atoms with Crippen LogP contribution in [-0.2, 0) is 9.36 Å². The highest BCUT2D eigenvalue weighted by Gasteiger charge is 2.24. The summed E-state index contributed by atoms with van der Waals surface area (Å²) in [4.78, 5) is 10.5. The average Bonchev–Trinajstić information content (AvgIpc) is 2.11. The summed E-state index contributed by atoms with van der Waals surface area (Å²) in [5.41, 5.74) is 0. The Morgan fingerprint density at radius 3 is 1.93 bits per heavy atom. The minimum absolute atomic E-state index is 0.275. The Hall–Kier alpha value is -1.18. The normalized spacial score (nSPS) is 10.1. The van der Waals surface area contributed by atoms with Crippen LogP contribution in [-0.4, -0.2) is 29.6 Å². The lowest BCUT2D eigenvalue weighted by Crippen LogP contribution is -2.08. The molecule has 0 aromatic rings. The predicted molar refractivity (Wildman–Crippen MR) is 56.7 cm³/mol. The molecule has 0 amide bonds. The maximum absolute atomic E-state index is 12.0. The smallest absolute Gasteiger partial charge is 0.310 e. The van der Waals surface area contributed by atoms with Crippen LogP contribution in [0.15, 0.2) is 0 Å². The van der Waals surface area contributed by atoms with Crippen molar-refractivity contribution in [3.05, 3.63) is 0 Å². The molecule has 0 radical (unpaired) electrons. The van der Waals surface area contributed by atoms with Gasteiger partial charge in [0.15, 0.2) is 0 Å². The Kier molecular flexibility index (Phi) is 5.77. The zero-order valence-electron chi connectivity index (χ0n) is 7.90. The summed E-state index contributed by atoms with van der Waals surface area (Å²) in [5, 5.41) is 8.57. The third kappa shape index (κ3) is 5.46. The van der Waals surface area contributed by atoms with Crippen molar-refractivity contribution in [2.45, 2.75) is 12.8 Å². The summed E-state index contributed by atoms with van der Waals surface area (Å²) in [5.74, 6) is 3.66. The number of carboxylic acid groups (broad SMARTS) is 1. The molecule has 0 spiro atoms. The SMILES string of the molecule is C#CCCP(=O)(CCC#C)CC(=O)O. The first-order valence-electron chi connectivity index (χ1n) is 4.20. The zero-order chi connectivity index (χ0) is 11.0. The lowest BCUT2D eigenvalue weighted by Gasteiger charge is -2.13. The zero-order valence-corrected chi connectivity index (χ0v) is 8.80. The maximum atomic E-state index is 12.0. The molecule has 0 saturated carbocycles. The second-order valence-electron chi connectivity index (χ2n) is 2.97. The van der Waals surface area contributed by atoms with Crippen LogP contribution in [0.25, 0.3) is 0 Å². The molecule has 0 saturated heterocycles. The summed E-state index contributed by atoms with van der Waals surface area (Å²) in [6, 6.07) is 0. The summed E-state index contributed by atoms with van der Waals surface area (Å²) in [7, 11) is -2.69. The lowest BCUT2D eigenvalue weighted by atomic mass is 10.5. The monoisotopic (exact) mass is 212 g/mol. The van der Waals surface area contributed by atoms with E-state index in [-0.39, 0.29) is 18.5 Å². The fraction of sp³-hybridized carbons (Fsp3) is 0.500. The highest BCUT2D eigenvalue weighted by atomic mass is 31.2. The second kappa shape index (κ2) is 6.30. The fourth-order valence-corrected chi connectivity index (χ4v) is 3.16. The van der Waals surface area contributed by atoms with Gasteiger partial charge < -0.3 is 9.67 Å². The van der Waals surface area contributed by atoms with Gasteiger partial charge in [-0.1, -0.05) is 0 Å². The first kappa shape index (κ1) is 12.8. The van der Waals surface area contributed by atoms with Gasteiger partial charge in [-0.3, -0.25) is 4.79 Å². The topological polar surface area (TPSA) is 54.4 Å². The van der Waals surface area contributed by atoms with Crippen molar-refractivity contribution in [3.63, 3.8) is 0 Å². The molecule has 4 heteroatoms. The summed E-state index contributed by atoms with van der Waals surface area (Å²) in [6.45, 7) is 0. The van der Waals surface area contributed by atoms with Crippen molar-refractivity contribution in [2.75, 3.05) is 18.5 Å². The van der Waals surface area contributed by atoms with E-state index in [1.54, 1.807) is 0 Å². The Balaban J connectivity index is 4.36. The molecule has 0 atom stereocenters. The second-order valence-corrected chi connectivity index (χ2v) is 6.29. The van der Waals surface area contributed by atoms with Gasteiger partial charge in [0.25, 0.3) is 0 Å². The molecule has 0 rings (SSSR count). The molecule has 0 aromatic carbocycles. The number of terminal acetylenes is 2. The standard InChI is InChI=1S/C10H13O3P/c1-3-5-7-14(13,8-6-4-2)9-10(11)12/h1-2H,5-9H2,(H,11,12). The van der Waals surface area contributed by atoms with Crippen LogP contribution in [0, 0.1) is 24.7 Å². The van der Waals surface area contributed by atoms with E-state index >= 15 is 0 Å². The molecular formula is C10H13O3P. The van der Waals surface area contributed by atoms with Gasteiger partial charge >= 0.3 is 5.97 Å². The minimum atomic E-state index is -2.69. The molecule has 0 bridgehead atoms. The van der Waals surface area contributed by atoms with Crippen LogP contribution >= 0.6 is 7.14 Å². The molecule has 3 nitrogen and oxygen atoms in total. The fourth-order valence-electron chi connectivity index (χ4n) is 1.05. The van der Waals surface area contributed by atoms with Crippen LogP contribution in [0.3, 0.4) is 0 Å². The Morgan fingerprint density at radius 2 is 1.64 bits per heavy atom. The molecule has 0 aliphatic carbocycles. The minimum Gasteiger partial charge on any atom is -0.481 e. The highest BCUT2D eigenvalue weighted by Crippen LogP contribution is 2.46. The van der Waals surface area contributed by atoms with Gasteiger partial charge in [-0.25, -0.2) is 0 Å². The van der Waals surface area contributed by atoms with Crippen LogP contribution in [0.5, 0.6) is 0 Å². The Morgan fingerprint density at radius 1 is 1.21 bits per heavy atom. The number of hydrogen-bond acceptors (Lipinski definition) is 2. The number of carboxylic acids is 1. The summed E-state index contributed by atoms with van der Waals surface area (Å²) in [6.07, 6.45) is 11.0. The first-order chi connectivity index (χ1) is 6.54. The van der Waals surface area contributed by atoms with Gasteiger partial charge in [0.1, 0.15) is 7.14 Å². The number of carbonyl (C=O) groups is 1. The van der Waals surface area contributed by atoms with Crippen molar-refractivity contribution in [3.8, 4) is 24.7 Å². The number of rotatable bonds is 6. The van der Waals surface area contributed by atoms with Crippen molar-refractivity contribution < 1.29 is 14.5 Å². The molecule has 0 heterocycles. The molecule has 0 aliphatic rings. The van der Waals surface area contributed by atoms with E-state index in [9.17, 15) is 9.36 Å². The highest BCUT2D eigenvalue weighted by molar-refractivity contribution is 7.64. The maximum Gasteiger partial charge on any atom is 0.310 e. The quantitative estimate of drug-likeness (QED) is 0.536. The summed E-state index contributed by atoms with van der Waals surface area (Å²) < 4.78 is 12.0. The Bertz CT molecular complexity index is 297. The molecule has 0 aliphatic heterocycles. The number of aliphatic carboxylic acids is 1. The summed E-state index contributed by atoms with van der Waals surface area (Å²) >= 11 is 0. The van der Waals surface area contributed by atoms with E-state index in [0.29, 0.717) is 12.8 Å². The largest absolute Gasteiger partial charge is 0.481 e.